The molecule has 0 saturated carbocycles. The maximum atomic E-state index is 10.3. The van der Waals surface area contributed by atoms with Crippen molar-refractivity contribution < 1.29 is 39.3 Å². The molecule has 22 heavy (non-hydrogen) atoms. The Morgan fingerprint density at radius 2 is 1.55 bits per heavy atom. The second-order valence-corrected chi connectivity index (χ2v) is 4.81. The molecular weight excluding hydrogens is 347 g/mol. The van der Waals surface area contributed by atoms with Crippen molar-refractivity contribution in [3.05, 3.63) is 38.4 Å². The van der Waals surface area contributed by atoms with Gasteiger partial charge in [0, 0.05) is 13.0 Å². The minimum atomic E-state index is -4.64. The number of thiocarbonyl (C=S) groups is 1. The number of nitro groups is 2. The van der Waals surface area contributed by atoms with Gasteiger partial charge in [0.1, 0.15) is 0 Å². The molecule has 0 fully saturated rings. The Bertz CT molecular complexity index is 588. The zero-order valence-corrected chi connectivity index (χ0v) is 12.5. The number of phenolic OH excluding ortho intramolecular Hbond substituents is 1. The first kappa shape index (κ1) is 22.1. The van der Waals surface area contributed by atoms with E-state index in [9.17, 15) is 20.2 Å². The third-order valence-corrected chi connectivity index (χ3v) is 1.37. The lowest BCUT2D eigenvalue weighted by molar-refractivity contribution is -0.423. The number of aliphatic hydroxyl groups excluding tert-OH is 1. The predicted octanol–water partition coefficient (Wildman–Crippen LogP) is 1.17. The molecular formula is C8H11N2O10PS. The molecule has 1 aromatic carbocycles. The van der Waals surface area contributed by atoms with E-state index in [1.165, 1.54) is 13.0 Å². The summed E-state index contributed by atoms with van der Waals surface area (Å²) < 4.78 is 8.88. The Labute approximate surface area is 127 Å². The zero-order chi connectivity index (χ0) is 18.1. The van der Waals surface area contributed by atoms with Crippen LogP contribution >= 0.6 is 20.0 Å². The number of phosphoric acid groups is 1. The van der Waals surface area contributed by atoms with E-state index in [1.54, 1.807) is 0 Å². The highest BCUT2D eigenvalue weighted by atomic mass is 32.1. The molecule has 0 aromatic heterocycles. The lowest BCUT2D eigenvalue weighted by Gasteiger charge is -1.95. The van der Waals surface area contributed by atoms with Gasteiger partial charge in [0.25, 0.3) is 0 Å². The number of nitro benzene ring substituents is 2. The van der Waals surface area contributed by atoms with Gasteiger partial charge in [0.2, 0.25) is 5.75 Å². The minimum Gasteiger partial charge on any atom is -0.502 e. The molecule has 14 heteroatoms. The zero-order valence-electron chi connectivity index (χ0n) is 10.8. The van der Waals surface area contributed by atoms with Crippen LogP contribution in [0.1, 0.15) is 6.92 Å². The van der Waals surface area contributed by atoms with E-state index in [1.807, 2.05) is 0 Å². The van der Waals surface area contributed by atoms with Crippen molar-refractivity contribution in [3.8, 4) is 5.75 Å². The quantitative estimate of drug-likeness (QED) is 0.219. The fourth-order valence-corrected chi connectivity index (χ4v) is 0.854. The van der Waals surface area contributed by atoms with Crippen LogP contribution in [0.25, 0.3) is 0 Å². The van der Waals surface area contributed by atoms with Gasteiger partial charge in [-0.15, -0.1) is 0 Å². The first-order chi connectivity index (χ1) is 9.77. The average Bonchev–Trinajstić information content (AvgIpc) is 2.24. The fourth-order valence-electron chi connectivity index (χ4n) is 0.854. The Morgan fingerprint density at radius 1 is 1.18 bits per heavy atom. The maximum Gasteiger partial charge on any atom is 0.466 e. The van der Waals surface area contributed by atoms with Crippen LogP contribution in [0.5, 0.6) is 5.75 Å². The molecule has 1 aromatic rings. The summed E-state index contributed by atoms with van der Waals surface area (Å²) in [6.07, 6.45) is 0. The van der Waals surface area contributed by atoms with Gasteiger partial charge in [-0.2, -0.15) is 0 Å². The van der Waals surface area contributed by atoms with E-state index >= 15 is 0 Å². The number of nitrogens with zero attached hydrogens (tertiary/aromatic N) is 2. The summed E-state index contributed by atoms with van der Waals surface area (Å²) in [7, 11) is -4.64. The molecule has 124 valence electrons. The number of aromatic hydroxyl groups is 1. The van der Waals surface area contributed by atoms with Crippen molar-refractivity contribution in [1.29, 1.82) is 0 Å². The number of rotatable bonds is 2. The van der Waals surface area contributed by atoms with Crippen LogP contribution in [0.4, 0.5) is 11.4 Å². The summed E-state index contributed by atoms with van der Waals surface area (Å²) in [6, 6.07) is 3.14. The number of hydrogen-bond donors (Lipinski definition) is 5. The van der Waals surface area contributed by atoms with Gasteiger partial charge < -0.3 is 24.9 Å². The van der Waals surface area contributed by atoms with Crippen LogP contribution in [-0.2, 0) is 4.57 Å². The van der Waals surface area contributed by atoms with E-state index < -0.39 is 34.8 Å². The second kappa shape index (κ2) is 9.70. The summed E-state index contributed by atoms with van der Waals surface area (Å²) in [5.41, 5.74) is -1.60. The van der Waals surface area contributed by atoms with Crippen LogP contribution in [-0.4, -0.2) is 39.8 Å². The third-order valence-electron chi connectivity index (χ3n) is 1.37. The predicted molar refractivity (Wildman–Crippen MR) is 76.6 cm³/mol. The molecule has 0 amide bonds. The number of aliphatic hydroxyl groups is 1. The number of para-hydroxylation sites is 1. The fraction of sp³-hybridized carbons (Fsp3) is 0.125. The van der Waals surface area contributed by atoms with Crippen molar-refractivity contribution in [3.63, 3.8) is 0 Å². The topological polar surface area (TPSA) is 204 Å². The standard InChI is InChI=1S/C6H4N2O5.C2H4OS.H3O4P/c9-5-3-1-2-4(7(10)11)6(5)8(12)13;1-2(3)4;1-5(2,3)4/h1-3,9H;1H3,(H,3,4);(H3,1,2,3,4). The van der Waals surface area contributed by atoms with Crippen LogP contribution in [0.15, 0.2) is 18.2 Å². The van der Waals surface area contributed by atoms with Gasteiger partial charge in [-0.05, 0) is 18.3 Å². The molecule has 0 aliphatic rings. The summed E-state index contributed by atoms with van der Waals surface area (Å²) in [6.45, 7) is 1.45. The molecule has 0 aliphatic heterocycles. The first-order valence-corrected chi connectivity index (χ1v) is 6.83. The third kappa shape index (κ3) is 12.8. The van der Waals surface area contributed by atoms with E-state index in [4.69, 9.17) is 29.5 Å². The van der Waals surface area contributed by atoms with Gasteiger partial charge in [0.15, 0.2) is 5.05 Å². The second-order valence-electron chi connectivity index (χ2n) is 3.19. The molecule has 5 N–H and O–H groups in total. The molecule has 0 atom stereocenters. The highest BCUT2D eigenvalue weighted by molar-refractivity contribution is 7.79. The Kier molecular flexibility index (Phi) is 9.75. The molecule has 0 spiro atoms. The van der Waals surface area contributed by atoms with E-state index in [2.05, 4.69) is 12.2 Å². The van der Waals surface area contributed by atoms with Crippen molar-refractivity contribution in [2.24, 2.45) is 0 Å². The first-order valence-electron chi connectivity index (χ1n) is 4.86. The monoisotopic (exact) mass is 358 g/mol. The number of hydrogen-bond acceptors (Lipinski definition) is 7. The van der Waals surface area contributed by atoms with Crippen molar-refractivity contribution >= 4 is 36.5 Å². The van der Waals surface area contributed by atoms with Gasteiger partial charge in [-0.3, -0.25) is 20.2 Å². The van der Waals surface area contributed by atoms with Gasteiger partial charge in [0.05, 0.1) is 9.85 Å². The van der Waals surface area contributed by atoms with Gasteiger partial charge in [-0.1, -0.05) is 6.07 Å². The van der Waals surface area contributed by atoms with Gasteiger partial charge in [-0.25, -0.2) is 4.57 Å². The molecule has 0 radical (unpaired) electrons. The lowest BCUT2D eigenvalue weighted by atomic mass is 10.2. The van der Waals surface area contributed by atoms with Crippen molar-refractivity contribution in [1.82, 2.24) is 0 Å². The normalized spacial score (nSPS) is 9.45. The Balaban J connectivity index is 0. The molecule has 0 aliphatic carbocycles. The molecule has 12 nitrogen and oxygen atoms in total. The highest BCUT2D eigenvalue weighted by Crippen LogP contribution is 2.34. The Hall–Kier alpha value is -2.18. The Morgan fingerprint density at radius 3 is 1.77 bits per heavy atom. The molecule has 0 saturated heterocycles. The number of phenols is 1. The molecule has 0 unspecified atom stereocenters. The molecule has 1 rings (SSSR count). The summed E-state index contributed by atoms with van der Waals surface area (Å²) in [5, 5.41) is 37.3. The lowest BCUT2D eigenvalue weighted by Crippen LogP contribution is -1.96. The largest absolute Gasteiger partial charge is 0.502 e. The summed E-state index contributed by atoms with van der Waals surface area (Å²) in [4.78, 5) is 40.2. The van der Waals surface area contributed by atoms with E-state index in [0.717, 1.165) is 12.1 Å². The van der Waals surface area contributed by atoms with Crippen molar-refractivity contribution in [2.45, 2.75) is 6.92 Å². The molecule has 0 heterocycles. The summed E-state index contributed by atoms with van der Waals surface area (Å²) >= 11 is 4.09. The van der Waals surface area contributed by atoms with Crippen LogP contribution in [0, 0.1) is 20.2 Å². The maximum absolute atomic E-state index is 10.3. The minimum absolute atomic E-state index is 0.000000000000000222. The van der Waals surface area contributed by atoms with Crippen LogP contribution < -0.4 is 0 Å². The van der Waals surface area contributed by atoms with Crippen LogP contribution in [0.3, 0.4) is 0 Å². The number of benzene rings is 1. The SMILES string of the molecule is CC(O)=S.O=P(O)(O)O.O=[N+]([O-])c1cccc(O)c1[N+](=O)[O-]. The smallest absolute Gasteiger partial charge is 0.466 e. The average molecular weight is 358 g/mol. The van der Waals surface area contributed by atoms with Crippen molar-refractivity contribution in [2.75, 3.05) is 0 Å². The molecule has 0 bridgehead atoms. The van der Waals surface area contributed by atoms with Crippen LogP contribution in [0.2, 0.25) is 0 Å². The van der Waals surface area contributed by atoms with E-state index in [0.29, 0.717) is 0 Å². The summed E-state index contributed by atoms with van der Waals surface area (Å²) in [5.74, 6) is -0.709. The van der Waals surface area contributed by atoms with Gasteiger partial charge >= 0.3 is 19.2 Å². The highest BCUT2D eigenvalue weighted by Gasteiger charge is 2.27. The van der Waals surface area contributed by atoms with E-state index in [-0.39, 0.29) is 5.05 Å².